The van der Waals surface area contributed by atoms with E-state index in [-0.39, 0.29) is 17.1 Å². The van der Waals surface area contributed by atoms with Crippen LogP contribution in [0.4, 0.5) is 5.69 Å². The van der Waals surface area contributed by atoms with E-state index < -0.39 is 4.92 Å². The van der Waals surface area contributed by atoms with E-state index in [1.807, 2.05) is 0 Å². The number of nitrogens with two attached hydrogens (primary N) is 1. The molecule has 0 aliphatic heterocycles. The molecule has 6 heteroatoms. The van der Waals surface area contributed by atoms with Crippen molar-refractivity contribution in [2.24, 2.45) is 5.73 Å². The maximum Gasteiger partial charge on any atom is 0.270 e. The van der Waals surface area contributed by atoms with Crippen LogP contribution in [0.1, 0.15) is 35.2 Å². The highest BCUT2D eigenvalue weighted by Crippen LogP contribution is 2.28. The smallest absolute Gasteiger partial charge is 0.270 e. The number of carbonyl (C=O) groups is 1. The van der Waals surface area contributed by atoms with Crippen LogP contribution in [0.3, 0.4) is 0 Å². The highest BCUT2D eigenvalue weighted by Gasteiger charge is 2.32. The predicted octanol–water partition coefficient (Wildman–Crippen LogP) is 1.51. The third-order valence-corrected chi connectivity index (χ3v) is 3.49. The number of aryl methyl sites for hydroxylation is 1. The van der Waals surface area contributed by atoms with Crippen molar-refractivity contribution in [2.45, 2.75) is 31.7 Å². The third-order valence-electron chi connectivity index (χ3n) is 3.49. The Kier molecular flexibility index (Phi) is 3.53. The lowest BCUT2D eigenvalue weighted by Gasteiger charge is -2.38. The molecule has 0 spiro atoms. The van der Waals surface area contributed by atoms with Crippen LogP contribution in [0.15, 0.2) is 18.2 Å². The van der Waals surface area contributed by atoms with Crippen LogP contribution in [-0.2, 0) is 0 Å². The average Bonchev–Trinajstić information content (AvgIpc) is 2.32. The summed E-state index contributed by atoms with van der Waals surface area (Å²) in [6.45, 7) is 2.13. The lowest BCUT2D eigenvalue weighted by atomic mass is 9.78. The second kappa shape index (κ2) is 4.97. The van der Waals surface area contributed by atoms with E-state index in [1.165, 1.54) is 12.1 Å². The van der Waals surface area contributed by atoms with E-state index in [9.17, 15) is 14.9 Å². The second-order valence-electron chi connectivity index (χ2n) is 5.21. The fraction of sp³-hybridized carbons (Fsp3) is 0.462. The first-order valence-electron chi connectivity index (χ1n) is 6.23. The van der Waals surface area contributed by atoms with Crippen molar-refractivity contribution in [1.29, 1.82) is 0 Å². The standard InChI is InChI=1S/C13H17N3O3/c1-9-5-10(7-11(6-9)16(18)19)12(17)15-8-13(14)3-2-4-13/h5-7H,2-4,8,14H2,1H3,(H,15,17). The Hall–Kier alpha value is -1.95. The number of nitro groups is 1. The zero-order valence-electron chi connectivity index (χ0n) is 10.8. The van der Waals surface area contributed by atoms with E-state index in [0.717, 1.165) is 19.3 Å². The molecule has 1 fully saturated rings. The van der Waals surface area contributed by atoms with Crippen LogP contribution in [0.2, 0.25) is 0 Å². The van der Waals surface area contributed by atoms with Gasteiger partial charge in [-0.1, -0.05) is 0 Å². The van der Waals surface area contributed by atoms with E-state index in [2.05, 4.69) is 5.32 Å². The minimum atomic E-state index is -0.500. The molecule has 1 amide bonds. The Morgan fingerprint density at radius 1 is 1.47 bits per heavy atom. The van der Waals surface area contributed by atoms with Crippen LogP contribution >= 0.6 is 0 Å². The van der Waals surface area contributed by atoms with Gasteiger partial charge in [0.2, 0.25) is 0 Å². The number of benzene rings is 1. The molecule has 3 N–H and O–H groups in total. The van der Waals surface area contributed by atoms with Crippen molar-refractivity contribution in [3.05, 3.63) is 39.4 Å². The summed E-state index contributed by atoms with van der Waals surface area (Å²) in [4.78, 5) is 22.2. The monoisotopic (exact) mass is 263 g/mol. The lowest BCUT2D eigenvalue weighted by Crippen LogP contribution is -2.54. The predicted molar refractivity (Wildman–Crippen MR) is 70.9 cm³/mol. The number of nitro benzene ring substituents is 1. The Bertz CT molecular complexity index is 524. The molecule has 19 heavy (non-hydrogen) atoms. The van der Waals surface area contributed by atoms with Gasteiger partial charge in [0.25, 0.3) is 11.6 Å². The molecule has 0 heterocycles. The molecule has 6 nitrogen and oxygen atoms in total. The van der Waals surface area contributed by atoms with E-state index in [1.54, 1.807) is 13.0 Å². The third kappa shape index (κ3) is 3.08. The van der Waals surface area contributed by atoms with Crippen LogP contribution in [0, 0.1) is 17.0 Å². The largest absolute Gasteiger partial charge is 0.350 e. The molecule has 0 aromatic heterocycles. The summed E-state index contributed by atoms with van der Waals surface area (Å²) in [6, 6.07) is 4.35. The van der Waals surface area contributed by atoms with Crippen LogP contribution in [0.25, 0.3) is 0 Å². The summed E-state index contributed by atoms with van der Waals surface area (Å²) in [5.74, 6) is -0.316. The van der Waals surface area contributed by atoms with Gasteiger partial charge in [0.15, 0.2) is 0 Å². The minimum absolute atomic E-state index is 0.0729. The van der Waals surface area contributed by atoms with Crippen molar-refractivity contribution in [3.8, 4) is 0 Å². The number of nitrogens with zero attached hydrogens (tertiary/aromatic N) is 1. The molecule has 2 rings (SSSR count). The Morgan fingerprint density at radius 3 is 2.68 bits per heavy atom. The van der Waals surface area contributed by atoms with Crippen molar-refractivity contribution in [3.63, 3.8) is 0 Å². The SMILES string of the molecule is Cc1cc(C(=O)NCC2(N)CCC2)cc([N+](=O)[O-])c1. The van der Waals surface area contributed by atoms with Gasteiger partial charge in [-0.2, -0.15) is 0 Å². The van der Waals surface area contributed by atoms with Gasteiger partial charge in [0, 0.05) is 29.8 Å². The molecule has 1 aliphatic carbocycles. The zero-order valence-corrected chi connectivity index (χ0v) is 10.8. The van der Waals surface area contributed by atoms with Crippen molar-refractivity contribution >= 4 is 11.6 Å². The van der Waals surface area contributed by atoms with Gasteiger partial charge < -0.3 is 11.1 Å². The number of nitrogens with one attached hydrogen (secondary N) is 1. The Labute approximate surface area is 111 Å². The van der Waals surface area contributed by atoms with Crippen molar-refractivity contribution < 1.29 is 9.72 Å². The minimum Gasteiger partial charge on any atom is -0.350 e. The number of amides is 1. The van der Waals surface area contributed by atoms with Crippen LogP contribution in [-0.4, -0.2) is 22.9 Å². The summed E-state index contributed by atoms with van der Waals surface area (Å²) in [5, 5.41) is 13.5. The summed E-state index contributed by atoms with van der Waals surface area (Å²) in [5.41, 5.74) is 6.63. The Morgan fingerprint density at radius 2 is 2.16 bits per heavy atom. The molecular formula is C13H17N3O3. The molecule has 102 valence electrons. The summed E-state index contributed by atoms with van der Waals surface area (Å²) < 4.78 is 0. The molecule has 1 aromatic rings. The molecule has 1 saturated carbocycles. The molecule has 0 unspecified atom stereocenters. The quantitative estimate of drug-likeness (QED) is 0.635. The van der Waals surface area contributed by atoms with Gasteiger partial charge in [-0.15, -0.1) is 0 Å². The molecule has 1 aliphatic rings. The molecule has 0 bridgehead atoms. The van der Waals surface area contributed by atoms with Gasteiger partial charge in [-0.05, 0) is 37.8 Å². The maximum atomic E-state index is 12.0. The fourth-order valence-corrected chi connectivity index (χ4v) is 2.17. The number of hydrogen-bond donors (Lipinski definition) is 2. The maximum absolute atomic E-state index is 12.0. The zero-order chi connectivity index (χ0) is 14.0. The fourth-order valence-electron chi connectivity index (χ4n) is 2.17. The highest BCUT2D eigenvalue weighted by atomic mass is 16.6. The summed E-state index contributed by atoms with van der Waals surface area (Å²) in [7, 11) is 0. The second-order valence-corrected chi connectivity index (χ2v) is 5.21. The van der Waals surface area contributed by atoms with Gasteiger partial charge in [-0.3, -0.25) is 14.9 Å². The average molecular weight is 263 g/mol. The molecule has 0 saturated heterocycles. The van der Waals surface area contributed by atoms with Crippen molar-refractivity contribution in [1.82, 2.24) is 5.32 Å². The first-order valence-corrected chi connectivity index (χ1v) is 6.23. The normalized spacial score (nSPS) is 16.5. The first kappa shape index (κ1) is 13.5. The topological polar surface area (TPSA) is 98.3 Å². The summed E-state index contributed by atoms with van der Waals surface area (Å²) >= 11 is 0. The lowest BCUT2D eigenvalue weighted by molar-refractivity contribution is -0.384. The van der Waals surface area contributed by atoms with Gasteiger partial charge >= 0.3 is 0 Å². The molecular weight excluding hydrogens is 246 g/mol. The number of hydrogen-bond acceptors (Lipinski definition) is 4. The number of non-ortho nitro benzene ring substituents is 1. The Balaban J connectivity index is 2.08. The van der Waals surface area contributed by atoms with E-state index in [4.69, 9.17) is 5.73 Å². The molecule has 1 aromatic carbocycles. The molecule has 0 atom stereocenters. The number of carbonyl (C=O) groups excluding carboxylic acids is 1. The van der Waals surface area contributed by atoms with Gasteiger partial charge in [-0.25, -0.2) is 0 Å². The summed E-state index contributed by atoms with van der Waals surface area (Å²) in [6.07, 6.45) is 2.89. The van der Waals surface area contributed by atoms with Gasteiger partial charge in [0.1, 0.15) is 0 Å². The van der Waals surface area contributed by atoms with Crippen LogP contribution in [0.5, 0.6) is 0 Å². The van der Waals surface area contributed by atoms with E-state index in [0.29, 0.717) is 17.7 Å². The number of rotatable bonds is 4. The van der Waals surface area contributed by atoms with Gasteiger partial charge in [0.05, 0.1) is 4.92 Å². The molecule has 0 radical (unpaired) electrons. The van der Waals surface area contributed by atoms with E-state index >= 15 is 0 Å². The van der Waals surface area contributed by atoms with Crippen LogP contribution < -0.4 is 11.1 Å². The highest BCUT2D eigenvalue weighted by molar-refractivity contribution is 5.95. The van der Waals surface area contributed by atoms with Crippen molar-refractivity contribution in [2.75, 3.05) is 6.54 Å². The first-order chi connectivity index (χ1) is 8.89.